The highest BCUT2D eigenvalue weighted by Crippen LogP contribution is 2.13. The molecular weight excluding hydrogens is 254 g/mol. The molecule has 1 unspecified atom stereocenters. The fourth-order valence-corrected chi connectivity index (χ4v) is 1.80. The summed E-state index contributed by atoms with van der Waals surface area (Å²) in [5, 5.41) is 11.5. The van der Waals surface area contributed by atoms with Crippen LogP contribution in [-0.4, -0.2) is 42.2 Å². The molecule has 3 N–H and O–H groups in total. The van der Waals surface area contributed by atoms with Crippen molar-refractivity contribution in [3.63, 3.8) is 0 Å². The molecule has 0 spiro atoms. The largest absolute Gasteiger partial charge is 0.492 e. The molecule has 0 aromatic heterocycles. The number of likely N-dealkylation sites (N-methyl/N-ethyl adjacent to an activating group) is 1. The molecule has 0 amide bonds. The Bertz CT molecular complexity index is 429. The van der Waals surface area contributed by atoms with E-state index in [1.807, 2.05) is 12.1 Å². The smallest absolute Gasteiger partial charge is 0.170 e. The van der Waals surface area contributed by atoms with Gasteiger partial charge in [-0.2, -0.15) is 0 Å². The summed E-state index contributed by atoms with van der Waals surface area (Å²) in [6, 6.07) is 7.70. The Morgan fingerprint density at radius 2 is 1.90 bits per heavy atom. The van der Waals surface area contributed by atoms with Crippen LogP contribution < -0.4 is 10.5 Å². The van der Waals surface area contributed by atoms with Gasteiger partial charge in [0.1, 0.15) is 12.4 Å². The predicted octanol–water partition coefficient (Wildman–Crippen LogP) is 2.14. The summed E-state index contributed by atoms with van der Waals surface area (Å²) in [7, 11) is 2.11. The number of rotatable bonds is 7. The molecule has 0 aliphatic heterocycles. The zero-order chi connectivity index (χ0) is 15.1. The van der Waals surface area contributed by atoms with Gasteiger partial charge in [0.05, 0.1) is 0 Å². The second-order valence-electron chi connectivity index (χ2n) is 5.32. The minimum atomic E-state index is 0.0991. The molecule has 0 saturated carbocycles. The second-order valence-corrected chi connectivity index (χ2v) is 5.32. The third kappa shape index (κ3) is 4.74. The summed E-state index contributed by atoms with van der Waals surface area (Å²) < 4.78 is 5.69. The van der Waals surface area contributed by atoms with Crippen molar-refractivity contribution in [1.82, 2.24) is 4.90 Å². The summed E-state index contributed by atoms with van der Waals surface area (Å²) >= 11 is 0. The number of ether oxygens (including phenoxy) is 1. The first-order chi connectivity index (χ1) is 9.45. The van der Waals surface area contributed by atoms with Crippen molar-refractivity contribution in [3.05, 3.63) is 29.8 Å². The first-order valence-corrected chi connectivity index (χ1v) is 6.86. The van der Waals surface area contributed by atoms with Gasteiger partial charge < -0.3 is 20.6 Å². The van der Waals surface area contributed by atoms with E-state index >= 15 is 0 Å². The van der Waals surface area contributed by atoms with Crippen LogP contribution in [0.5, 0.6) is 5.75 Å². The van der Waals surface area contributed by atoms with Gasteiger partial charge >= 0.3 is 0 Å². The summed E-state index contributed by atoms with van der Waals surface area (Å²) in [5.74, 6) is 1.51. The second kappa shape index (κ2) is 7.75. The molecule has 0 aliphatic rings. The number of amidine groups is 1. The fourth-order valence-electron chi connectivity index (χ4n) is 1.80. The first-order valence-electron chi connectivity index (χ1n) is 6.86. The standard InChI is InChI=1S/C15H25N3O2/c1-11(2)12(3)18(4)9-10-20-14-7-5-13(6-8-14)15(16)17-19/h5-8,11-12,19H,9-10H2,1-4H3,(H2,16,17). The third-order valence-corrected chi connectivity index (χ3v) is 3.63. The van der Waals surface area contributed by atoms with Gasteiger partial charge in [-0.15, -0.1) is 0 Å². The van der Waals surface area contributed by atoms with Crippen molar-refractivity contribution < 1.29 is 9.94 Å². The van der Waals surface area contributed by atoms with E-state index in [0.717, 1.165) is 12.3 Å². The van der Waals surface area contributed by atoms with Crippen molar-refractivity contribution in [2.45, 2.75) is 26.8 Å². The number of hydrogen-bond donors (Lipinski definition) is 2. The fraction of sp³-hybridized carbons (Fsp3) is 0.533. The van der Waals surface area contributed by atoms with E-state index in [2.05, 4.69) is 37.9 Å². The predicted molar refractivity (Wildman–Crippen MR) is 81.4 cm³/mol. The average Bonchev–Trinajstić information content (AvgIpc) is 2.46. The van der Waals surface area contributed by atoms with Gasteiger partial charge in [0.25, 0.3) is 0 Å². The van der Waals surface area contributed by atoms with E-state index < -0.39 is 0 Å². The van der Waals surface area contributed by atoms with Crippen molar-refractivity contribution in [2.75, 3.05) is 20.2 Å². The van der Waals surface area contributed by atoms with E-state index in [4.69, 9.17) is 15.7 Å². The molecule has 5 nitrogen and oxygen atoms in total. The molecule has 0 radical (unpaired) electrons. The number of nitrogens with two attached hydrogens (primary N) is 1. The lowest BCUT2D eigenvalue weighted by molar-refractivity contribution is 0.170. The normalized spacial score (nSPS) is 13.8. The maximum Gasteiger partial charge on any atom is 0.170 e. The molecule has 0 aliphatic carbocycles. The number of nitrogens with zero attached hydrogens (tertiary/aromatic N) is 2. The van der Waals surface area contributed by atoms with Crippen molar-refractivity contribution in [2.24, 2.45) is 16.8 Å². The van der Waals surface area contributed by atoms with Crippen LogP contribution >= 0.6 is 0 Å². The highest BCUT2D eigenvalue weighted by molar-refractivity contribution is 5.97. The summed E-state index contributed by atoms with van der Waals surface area (Å²) in [6.07, 6.45) is 0. The van der Waals surface area contributed by atoms with Crippen LogP contribution in [0, 0.1) is 5.92 Å². The zero-order valence-electron chi connectivity index (χ0n) is 12.7. The Hall–Kier alpha value is -1.75. The van der Waals surface area contributed by atoms with Gasteiger partial charge in [-0.1, -0.05) is 19.0 Å². The summed E-state index contributed by atoms with van der Waals surface area (Å²) in [4.78, 5) is 2.29. The molecule has 1 rings (SSSR count). The number of oxime groups is 1. The lowest BCUT2D eigenvalue weighted by Crippen LogP contribution is -2.36. The van der Waals surface area contributed by atoms with Crippen LogP contribution in [0.4, 0.5) is 0 Å². The number of hydrogen-bond acceptors (Lipinski definition) is 4. The van der Waals surface area contributed by atoms with Gasteiger partial charge in [-0.25, -0.2) is 0 Å². The third-order valence-electron chi connectivity index (χ3n) is 3.63. The molecule has 1 aromatic rings. The minimum absolute atomic E-state index is 0.0991. The van der Waals surface area contributed by atoms with E-state index in [9.17, 15) is 0 Å². The van der Waals surface area contributed by atoms with Crippen LogP contribution in [0.1, 0.15) is 26.3 Å². The van der Waals surface area contributed by atoms with E-state index in [1.165, 1.54) is 0 Å². The van der Waals surface area contributed by atoms with Gasteiger partial charge in [0.2, 0.25) is 0 Å². The minimum Gasteiger partial charge on any atom is -0.492 e. The monoisotopic (exact) mass is 279 g/mol. The molecule has 5 heteroatoms. The van der Waals surface area contributed by atoms with Gasteiger partial charge in [-0.3, -0.25) is 0 Å². The number of benzene rings is 1. The summed E-state index contributed by atoms with van der Waals surface area (Å²) in [6.45, 7) is 8.16. The molecule has 1 aromatic carbocycles. The zero-order valence-corrected chi connectivity index (χ0v) is 12.7. The van der Waals surface area contributed by atoms with Crippen molar-refractivity contribution >= 4 is 5.84 Å². The Morgan fingerprint density at radius 1 is 1.30 bits per heavy atom. The van der Waals surface area contributed by atoms with E-state index in [1.54, 1.807) is 12.1 Å². The van der Waals surface area contributed by atoms with Crippen LogP contribution in [0.2, 0.25) is 0 Å². The molecule has 0 saturated heterocycles. The quantitative estimate of drug-likeness (QED) is 0.347. The van der Waals surface area contributed by atoms with Crippen LogP contribution in [0.15, 0.2) is 29.4 Å². The topological polar surface area (TPSA) is 71.1 Å². The maximum atomic E-state index is 8.58. The Kier molecular flexibility index (Phi) is 6.31. The van der Waals surface area contributed by atoms with Crippen LogP contribution in [-0.2, 0) is 0 Å². The lowest BCUT2D eigenvalue weighted by Gasteiger charge is -2.27. The average molecular weight is 279 g/mol. The highest BCUT2D eigenvalue weighted by atomic mass is 16.5. The maximum absolute atomic E-state index is 8.58. The lowest BCUT2D eigenvalue weighted by atomic mass is 10.1. The molecule has 1 atom stereocenters. The first kappa shape index (κ1) is 16.3. The van der Waals surface area contributed by atoms with Crippen molar-refractivity contribution in [1.29, 1.82) is 0 Å². The highest BCUT2D eigenvalue weighted by Gasteiger charge is 2.12. The molecule has 0 heterocycles. The van der Waals surface area contributed by atoms with Gasteiger partial charge in [0.15, 0.2) is 5.84 Å². The Balaban J connectivity index is 2.43. The molecular formula is C15H25N3O2. The molecule has 112 valence electrons. The van der Waals surface area contributed by atoms with Crippen LogP contribution in [0.3, 0.4) is 0 Å². The molecule has 0 fully saturated rings. The molecule has 0 bridgehead atoms. The van der Waals surface area contributed by atoms with Crippen molar-refractivity contribution in [3.8, 4) is 5.75 Å². The van der Waals surface area contributed by atoms with E-state index in [-0.39, 0.29) is 5.84 Å². The Morgan fingerprint density at radius 3 is 2.40 bits per heavy atom. The van der Waals surface area contributed by atoms with Crippen LogP contribution in [0.25, 0.3) is 0 Å². The summed E-state index contributed by atoms with van der Waals surface area (Å²) in [5.41, 5.74) is 6.17. The Labute approximate surface area is 121 Å². The van der Waals surface area contributed by atoms with Gasteiger partial charge in [0, 0.05) is 18.2 Å². The SMILES string of the molecule is CC(C)C(C)N(C)CCOc1ccc(C(N)=NO)cc1. The molecule has 20 heavy (non-hydrogen) atoms. The van der Waals surface area contributed by atoms with E-state index in [0.29, 0.717) is 24.1 Å². The van der Waals surface area contributed by atoms with Gasteiger partial charge in [-0.05, 0) is 44.2 Å².